The lowest BCUT2D eigenvalue weighted by Crippen LogP contribution is -2.14. The molecule has 88 valence electrons. The third kappa shape index (κ3) is 3.10. The lowest BCUT2D eigenvalue weighted by molar-refractivity contribution is 0.317. The molecule has 0 spiro atoms. The van der Waals surface area contributed by atoms with Crippen molar-refractivity contribution < 1.29 is 0 Å². The molecule has 0 radical (unpaired) electrons. The van der Waals surface area contributed by atoms with Crippen LogP contribution in [0.5, 0.6) is 0 Å². The van der Waals surface area contributed by atoms with Crippen molar-refractivity contribution in [2.24, 2.45) is 11.8 Å². The van der Waals surface area contributed by atoms with Gasteiger partial charge >= 0.3 is 0 Å². The zero-order valence-electron chi connectivity index (χ0n) is 10.7. The second-order valence-corrected chi connectivity index (χ2v) is 5.57. The molecule has 2 aliphatic carbocycles. The van der Waals surface area contributed by atoms with Gasteiger partial charge in [0.25, 0.3) is 0 Å². The number of rotatable bonds is 1. The molecule has 1 unspecified atom stereocenters. The fraction of sp³-hybridized carbons (Fsp3) is 0.625. The molecule has 1 saturated carbocycles. The molecule has 0 heterocycles. The van der Waals surface area contributed by atoms with E-state index in [0.717, 1.165) is 24.7 Å². The SMILES string of the molecule is CC1=CCC=CC(C2CCC[C@H](C)C2)=CC1. The Labute approximate surface area is 100 Å². The van der Waals surface area contributed by atoms with Crippen LogP contribution in [0, 0.1) is 11.8 Å². The molecule has 0 heteroatoms. The van der Waals surface area contributed by atoms with Gasteiger partial charge in [0.2, 0.25) is 0 Å². The van der Waals surface area contributed by atoms with Crippen molar-refractivity contribution >= 4 is 0 Å². The Balaban J connectivity index is 2.07. The first-order valence-corrected chi connectivity index (χ1v) is 6.78. The summed E-state index contributed by atoms with van der Waals surface area (Å²) in [6, 6.07) is 0. The quantitative estimate of drug-likeness (QED) is 0.539. The van der Waals surface area contributed by atoms with Gasteiger partial charge in [0.1, 0.15) is 0 Å². The van der Waals surface area contributed by atoms with Gasteiger partial charge < -0.3 is 0 Å². The van der Waals surface area contributed by atoms with Crippen LogP contribution in [-0.2, 0) is 0 Å². The Bertz CT molecular complexity index is 317. The van der Waals surface area contributed by atoms with E-state index in [-0.39, 0.29) is 0 Å². The predicted molar refractivity (Wildman–Crippen MR) is 71.3 cm³/mol. The van der Waals surface area contributed by atoms with E-state index >= 15 is 0 Å². The molecule has 0 aromatic rings. The Morgan fingerprint density at radius 1 is 1.19 bits per heavy atom. The van der Waals surface area contributed by atoms with Crippen LogP contribution in [0.1, 0.15) is 52.4 Å². The van der Waals surface area contributed by atoms with E-state index in [2.05, 4.69) is 38.2 Å². The lowest BCUT2D eigenvalue weighted by Gasteiger charge is -2.28. The van der Waals surface area contributed by atoms with Crippen molar-refractivity contribution in [1.29, 1.82) is 0 Å². The average molecular weight is 216 g/mol. The number of hydrogen-bond donors (Lipinski definition) is 0. The maximum absolute atomic E-state index is 2.46. The molecule has 0 aromatic heterocycles. The van der Waals surface area contributed by atoms with Gasteiger partial charge in [-0.05, 0) is 50.0 Å². The zero-order chi connectivity index (χ0) is 11.4. The summed E-state index contributed by atoms with van der Waals surface area (Å²) in [4.78, 5) is 0. The monoisotopic (exact) mass is 216 g/mol. The highest BCUT2D eigenvalue weighted by Gasteiger charge is 2.20. The van der Waals surface area contributed by atoms with Gasteiger partial charge in [-0.2, -0.15) is 0 Å². The Morgan fingerprint density at radius 2 is 2.06 bits per heavy atom. The van der Waals surface area contributed by atoms with Gasteiger partial charge in [-0.1, -0.05) is 49.6 Å². The third-order valence-corrected chi connectivity index (χ3v) is 3.98. The molecule has 1 fully saturated rings. The van der Waals surface area contributed by atoms with Crippen molar-refractivity contribution in [2.45, 2.75) is 52.4 Å². The largest absolute Gasteiger partial charge is 0.0815 e. The van der Waals surface area contributed by atoms with Crippen LogP contribution in [0.15, 0.2) is 35.5 Å². The van der Waals surface area contributed by atoms with Crippen molar-refractivity contribution in [3.8, 4) is 0 Å². The van der Waals surface area contributed by atoms with Crippen LogP contribution in [0.25, 0.3) is 0 Å². The Kier molecular flexibility index (Phi) is 4.04. The van der Waals surface area contributed by atoms with Gasteiger partial charge in [-0.15, -0.1) is 0 Å². The van der Waals surface area contributed by atoms with E-state index < -0.39 is 0 Å². The van der Waals surface area contributed by atoms with Crippen LogP contribution in [0.4, 0.5) is 0 Å². The Morgan fingerprint density at radius 3 is 2.88 bits per heavy atom. The molecular weight excluding hydrogens is 192 g/mol. The molecule has 2 atom stereocenters. The molecule has 0 amide bonds. The van der Waals surface area contributed by atoms with Crippen LogP contribution >= 0.6 is 0 Å². The van der Waals surface area contributed by atoms with E-state index in [4.69, 9.17) is 0 Å². The lowest BCUT2D eigenvalue weighted by atomic mass is 9.78. The topological polar surface area (TPSA) is 0 Å². The van der Waals surface area contributed by atoms with Gasteiger partial charge in [-0.25, -0.2) is 0 Å². The molecule has 2 rings (SSSR count). The molecule has 0 aromatic carbocycles. The number of allylic oxidation sites excluding steroid dienone is 6. The summed E-state index contributed by atoms with van der Waals surface area (Å²) in [7, 11) is 0. The van der Waals surface area contributed by atoms with E-state index in [9.17, 15) is 0 Å². The first-order chi connectivity index (χ1) is 7.75. The standard InChI is InChI=1S/C16H24/c1-13-6-3-4-8-15(11-10-13)16-9-5-7-14(2)12-16/h4,6,8,11,14,16H,3,5,7,9-10,12H2,1-2H3/t14-,16?/m0/s1. The highest BCUT2D eigenvalue weighted by atomic mass is 14.3. The van der Waals surface area contributed by atoms with Crippen LogP contribution in [0.3, 0.4) is 0 Å². The molecule has 0 bridgehead atoms. The number of hydrogen-bond acceptors (Lipinski definition) is 0. The first-order valence-electron chi connectivity index (χ1n) is 6.78. The summed E-state index contributed by atoms with van der Waals surface area (Å²) in [6.07, 6.45) is 17.5. The minimum atomic E-state index is 0.839. The fourth-order valence-electron chi connectivity index (χ4n) is 2.94. The molecule has 0 N–H and O–H groups in total. The molecular formula is C16H24. The predicted octanol–water partition coefficient (Wildman–Crippen LogP) is 5.04. The average Bonchev–Trinajstić information content (AvgIpc) is 2.24. The summed E-state index contributed by atoms with van der Waals surface area (Å²) < 4.78 is 0. The van der Waals surface area contributed by atoms with Crippen LogP contribution in [-0.4, -0.2) is 0 Å². The fourth-order valence-corrected chi connectivity index (χ4v) is 2.94. The molecule has 2 aliphatic rings. The van der Waals surface area contributed by atoms with E-state index in [1.807, 2.05) is 0 Å². The highest BCUT2D eigenvalue weighted by molar-refractivity contribution is 5.27. The summed E-state index contributed by atoms with van der Waals surface area (Å²) >= 11 is 0. The second-order valence-electron chi connectivity index (χ2n) is 5.57. The summed E-state index contributed by atoms with van der Waals surface area (Å²) in [5.41, 5.74) is 3.13. The molecule has 0 aliphatic heterocycles. The molecule has 0 nitrogen and oxygen atoms in total. The molecule has 16 heavy (non-hydrogen) atoms. The van der Waals surface area contributed by atoms with Crippen LogP contribution in [0.2, 0.25) is 0 Å². The zero-order valence-corrected chi connectivity index (χ0v) is 10.7. The van der Waals surface area contributed by atoms with Gasteiger partial charge in [0, 0.05) is 0 Å². The molecule has 0 saturated heterocycles. The summed E-state index contributed by atoms with van der Waals surface area (Å²) in [6.45, 7) is 4.65. The maximum Gasteiger partial charge on any atom is -0.0136 e. The third-order valence-electron chi connectivity index (χ3n) is 3.98. The van der Waals surface area contributed by atoms with Crippen molar-refractivity contribution in [2.75, 3.05) is 0 Å². The summed E-state index contributed by atoms with van der Waals surface area (Å²) in [5, 5.41) is 0. The van der Waals surface area contributed by atoms with Gasteiger partial charge in [0.05, 0.1) is 0 Å². The van der Waals surface area contributed by atoms with E-state index in [1.165, 1.54) is 31.3 Å². The minimum Gasteiger partial charge on any atom is -0.0815 e. The van der Waals surface area contributed by atoms with E-state index in [0.29, 0.717) is 0 Å². The van der Waals surface area contributed by atoms with Gasteiger partial charge in [0.15, 0.2) is 0 Å². The van der Waals surface area contributed by atoms with Gasteiger partial charge in [-0.3, -0.25) is 0 Å². The van der Waals surface area contributed by atoms with Crippen molar-refractivity contribution in [1.82, 2.24) is 0 Å². The normalized spacial score (nSPS) is 31.4. The maximum atomic E-state index is 2.46. The first kappa shape index (κ1) is 11.7. The minimum absolute atomic E-state index is 0.839. The summed E-state index contributed by atoms with van der Waals surface area (Å²) in [5.74, 6) is 1.76. The second kappa shape index (κ2) is 5.52. The van der Waals surface area contributed by atoms with Crippen molar-refractivity contribution in [3.63, 3.8) is 0 Å². The van der Waals surface area contributed by atoms with Crippen LogP contribution < -0.4 is 0 Å². The Hall–Kier alpha value is -0.780. The highest BCUT2D eigenvalue weighted by Crippen LogP contribution is 2.34. The smallest absolute Gasteiger partial charge is 0.0136 e. The van der Waals surface area contributed by atoms with Crippen molar-refractivity contribution in [3.05, 3.63) is 35.5 Å². The van der Waals surface area contributed by atoms with E-state index in [1.54, 1.807) is 5.57 Å².